The van der Waals surface area contributed by atoms with E-state index in [0.29, 0.717) is 0 Å². The Bertz CT molecular complexity index is 2520. The molecule has 0 nitrogen and oxygen atoms in total. The molecule has 234 valence electrons. The first-order chi connectivity index (χ1) is 24.8. The summed E-state index contributed by atoms with van der Waals surface area (Å²) in [5.74, 6) is 0. The van der Waals surface area contributed by atoms with Gasteiger partial charge in [0.15, 0.2) is 0 Å². The van der Waals surface area contributed by atoms with Gasteiger partial charge in [0.2, 0.25) is 0 Å². The summed E-state index contributed by atoms with van der Waals surface area (Å²) >= 11 is 0. The minimum atomic E-state index is 1.20. The lowest BCUT2D eigenvalue weighted by Gasteiger charge is -2.22. The van der Waals surface area contributed by atoms with Crippen LogP contribution in [0.2, 0.25) is 0 Å². The molecule has 0 heterocycles. The van der Waals surface area contributed by atoms with E-state index in [2.05, 4.69) is 206 Å². The summed E-state index contributed by atoms with van der Waals surface area (Å²) in [5, 5.41) is 5.01. The fraction of sp³-hybridized carbons (Fsp3) is 0. The molecule has 0 aromatic heterocycles. The smallest absolute Gasteiger partial charge is 0.00199 e. The second kappa shape index (κ2) is 12.8. The highest BCUT2D eigenvalue weighted by atomic mass is 14.2. The van der Waals surface area contributed by atoms with Gasteiger partial charge in [-0.25, -0.2) is 0 Å². The molecule has 0 atom stereocenters. The van der Waals surface area contributed by atoms with Crippen molar-refractivity contribution in [3.05, 3.63) is 206 Å². The van der Waals surface area contributed by atoms with Crippen LogP contribution >= 0.6 is 0 Å². The van der Waals surface area contributed by atoms with Crippen molar-refractivity contribution in [2.45, 2.75) is 0 Å². The van der Waals surface area contributed by atoms with Gasteiger partial charge in [0.1, 0.15) is 0 Å². The van der Waals surface area contributed by atoms with Crippen molar-refractivity contribution in [3.63, 3.8) is 0 Å². The van der Waals surface area contributed by atoms with Gasteiger partial charge < -0.3 is 0 Å². The van der Waals surface area contributed by atoms with Gasteiger partial charge in [-0.1, -0.05) is 206 Å². The second-order valence-corrected chi connectivity index (χ2v) is 12.8. The topological polar surface area (TPSA) is 0 Å². The zero-order valence-corrected chi connectivity index (χ0v) is 27.6. The minimum Gasteiger partial charge on any atom is -0.0622 e. The first-order valence-electron chi connectivity index (χ1n) is 17.3. The third-order valence-electron chi connectivity index (χ3n) is 9.91. The Labute approximate surface area is 293 Å². The van der Waals surface area contributed by atoms with Gasteiger partial charge in [0.25, 0.3) is 0 Å². The van der Waals surface area contributed by atoms with Crippen LogP contribution in [0.25, 0.3) is 88.3 Å². The fourth-order valence-electron chi connectivity index (χ4n) is 7.58. The molecule has 0 aliphatic carbocycles. The predicted octanol–water partition coefficient (Wildman–Crippen LogP) is 14.0. The molecule has 0 unspecified atom stereocenters. The largest absolute Gasteiger partial charge is 0.0622 e. The van der Waals surface area contributed by atoms with Gasteiger partial charge >= 0.3 is 0 Å². The average Bonchev–Trinajstić information content (AvgIpc) is 3.21. The predicted molar refractivity (Wildman–Crippen MR) is 214 cm³/mol. The highest BCUT2D eigenvalue weighted by molar-refractivity contribution is 6.23. The molecule has 0 bridgehead atoms. The molecule has 0 radical (unpaired) electrons. The van der Waals surface area contributed by atoms with Crippen LogP contribution in [0.15, 0.2) is 206 Å². The van der Waals surface area contributed by atoms with E-state index in [4.69, 9.17) is 0 Å². The molecule has 0 saturated heterocycles. The Kier molecular flexibility index (Phi) is 7.61. The zero-order chi connectivity index (χ0) is 33.3. The molecule has 9 aromatic rings. The van der Waals surface area contributed by atoms with Crippen molar-refractivity contribution in [1.82, 2.24) is 0 Å². The number of hydrogen-bond donors (Lipinski definition) is 0. The summed E-state index contributed by atoms with van der Waals surface area (Å²) in [7, 11) is 0. The molecule has 50 heavy (non-hydrogen) atoms. The molecular formula is C50H34. The maximum atomic E-state index is 2.31. The molecular weight excluding hydrogens is 601 g/mol. The van der Waals surface area contributed by atoms with Crippen molar-refractivity contribution < 1.29 is 0 Å². The van der Waals surface area contributed by atoms with Crippen LogP contribution in [0.5, 0.6) is 0 Å². The van der Waals surface area contributed by atoms with E-state index >= 15 is 0 Å². The van der Waals surface area contributed by atoms with Crippen LogP contribution in [0.3, 0.4) is 0 Å². The van der Waals surface area contributed by atoms with Crippen molar-refractivity contribution in [2.24, 2.45) is 0 Å². The van der Waals surface area contributed by atoms with Gasteiger partial charge in [-0.3, -0.25) is 0 Å². The third-order valence-corrected chi connectivity index (χ3v) is 9.91. The highest BCUT2D eigenvalue weighted by Crippen LogP contribution is 2.48. The summed E-state index contributed by atoms with van der Waals surface area (Å²) in [4.78, 5) is 0. The van der Waals surface area contributed by atoms with E-state index in [1.54, 1.807) is 0 Å². The molecule has 0 fully saturated rings. The van der Waals surface area contributed by atoms with Crippen LogP contribution in [0.1, 0.15) is 0 Å². The molecule has 0 amide bonds. The lowest BCUT2D eigenvalue weighted by molar-refractivity contribution is 1.56. The lowest BCUT2D eigenvalue weighted by atomic mass is 9.81. The summed E-state index contributed by atoms with van der Waals surface area (Å²) in [6, 6.07) is 74.9. The van der Waals surface area contributed by atoms with Crippen LogP contribution in [-0.2, 0) is 0 Å². The van der Waals surface area contributed by atoms with Gasteiger partial charge in [-0.05, 0) is 88.3 Å². The second-order valence-electron chi connectivity index (χ2n) is 12.8. The zero-order valence-electron chi connectivity index (χ0n) is 27.6. The Morgan fingerprint density at radius 2 is 0.480 bits per heavy atom. The van der Waals surface area contributed by atoms with Gasteiger partial charge in [0.05, 0.1) is 0 Å². The van der Waals surface area contributed by atoms with Crippen molar-refractivity contribution in [3.8, 4) is 66.8 Å². The number of hydrogen-bond acceptors (Lipinski definition) is 0. The molecule has 9 aromatic carbocycles. The maximum Gasteiger partial charge on any atom is -0.00199 e. The minimum absolute atomic E-state index is 1.20. The molecule has 0 spiro atoms. The van der Waals surface area contributed by atoms with E-state index in [9.17, 15) is 0 Å². The monoisotopic (exact) mass is 634 g/mol. The van der Waals surface area contributed by atoms with Crippen molar-refractivity contribution in [2.75, 3.05) is 0 Å². The Morgan fingerprint density at radius 3 is 0.960 bits per heavy atom. The molecule has 0 aliphatic heterocycles. The molecule has 9 rings (SSSR count). The Balaban J connectivity index is 1.28. The highest BCUT2D eigenvalue weighted by Gasteiger charge is 2.21. The van der Waals surface area contributed by atoms with Gasteiger partial charge in [0, 0.05) is 0 Å². The number of fused-ring (bicyclic) bond motifs is 2. The summed E-state index contributed by atoms with van der Waals surface area (Å²) < 4.78 is 0. The van der Waals surface area contributed by atoms with E-state index in [-0.39, 0.29) is 0 Å². The first kappa shape index (κ1) is 29.6. The van der Waals surface area contributed by atoms with E-state index in [1.807, 2.05) is 0 Å². The average molecular weight is 635 g/mol. The van der Waals surface area contributed by atoms with Gasteiger partial charge in [-0.15, -0.1) is 0 Å². The normalized spacial score (nSPS) is 11.2. The Morgan fingerprint density at radius 1 is 0.160 bits per heavy atom. The maximum absolute atomic E-state index is 2.31. The SMILES string of the molecule is c1ccc(-c2ccc(-c3cccc(-c4c5ccccc5c(-c5ccc(-c6ccccc6)cc5)c5ccccc45)c3-c3ccccc3)cc2)cc1. The van der Waals surface area contributed by atoms with Crippen LogP contribution in [-0.4, -0.2) is 0 Å². The van der Waals surface area contributed by atoms with E-state index in [1.165, 1.54) is 88.3 Å². The summed E-state index contributed by atoms with van der Waals surface area (Å²) in [6.07, 6.45) is 0. The van der Waals surface area contributed by atoms with Crippen molar-refractivity contribution in [1.29, 1.82) is 0 Å². The molecule has 0 N–H and O–H groups in total. The van der Waals surface area contributed by atoms with Gasteiger partial charge in [-0.2, -0.15) is 0 Å². The fourth-order valence-corrected chi connectivity index (χ4v) is 7.58. The van der Waals surface area contributed by atoms with Crippen molar-refractivity contribution >= 4 is 21.5 Å². The van der Waals surface area contributed by atoms with Crippen LogP contribution in [0.4, 0.5) is 0 Å². The number of rotatable bonds is 6. The Hall–Kier alpha value is -6.50. The van der Waals surface area contributed by atoms with E-state index in [0.717, 1.165) is 0 Å². The van der Waals surface area contributed by atoms with E-state index < -0.39 is 0 Å². The first-order valence-corrected chi connectivity index (χ1v) is 17.3. The quantitative estimate of drug-likeness (QED) is 0.160. The molecule has 0 heteroatoms. The third kappa shape index (κ3) is 5.28. The van der Waals surface area contributed by atoms with Crippen LogP contribution < -0.4 is 0 Å². The lowest BCUT2D eigenvalue weighted by Crippen LogP contribution is -1.94. The molecule has 0 aliphatic rings. The molecule has 0 saturated carbocycles. The van der Waals surface area contributed by atoms with Crippen LogP contribution in [0, 0.1) is 0 Å². The standard InChI is InChI=1S/C50H34/c1-4-15-35(16-5-1)37-27-31-39(32-28-37)42-25-14-26-47(48(42)40-19-8-3-9-20-40)50-45-23-12-10-21-43(45)49(44-22-11-13-24-46(44)50)41-33-29-38(30-34-41)36-17-6-2-7-18-36/h1-34H. The summed E-state index contributed by atoms with van der Waals surface area (Å²) in [6.45, 7) is 0. The number of benzene rings is 9. The summed E-state index contributed by atoms with van der Waals surface area (Å²) in [5.41, 5.74) is 14.8.